The largest absolute Gasteiger partial charge is 0.310 e. The summed E-state index contributed by atoms with van der Waals surface area (Å²) in [7, 11) is -3.19. The van der Waals surface area contributed by atoms with Crippen molar-refractivity contribution in [3.63, 3.8) is 0 Å². The highest BCUT2D eigenvalue weighted by Crippen LogP contribution is 2.25. The summed E-state index contributed by atoms with van der Waals surface area (Å²) >= 11 is 0. The molecule has 0 radical (unpaired) electrons. The number of hydrogen-bond donors (Lipinski definition) is 2. The van der Waals surface area contributed by atoms with Crippen LogP contribution < -0.4 is 11.0 Å². The Morgan fingerprint density at radius 3 is 2.38 bits per heavy atom. The second kappa shape index (κ2) is 5.33. The first-order valence-corrected chi connectivity index (χ1v) is 8.33. The van der Waals surface area contributed by atoms with Gasteiger partial charge in [-0.05, 0) is 30.5 Å². The van der Waals surface area contributed by atoms with E-state index in [0.717, 1.165) is 11.8 Å². The van der Waals surface area contributed by atoms with Crippen molar-refractivity contribution in [2.75, 3.05) is 6.26 Å². The number of aromatic nitrogens is 2. The molecule has 0 saturated carbocycles. The van der Waals surface area contributed by atoms with Crippen LogP contribution >= 0.6 is 0 Å². The van der Waals surface area contributed by atoms with Crippen LogP contribution in [0.5, 0.6) is 0 Å². The van der Waals surface area contributed by atoms with E-state index < -0.39 is 20.8 Å². The molecule has 0 aliphatic rings. The molecule has 2 N–H and O–H groups in total. The zero-order valence-corrected chi connectivity index (χ0v) is 12.8. The molecular weight excluding hydrogens is 292 g/mol. The lowest BCUT2D eigenvalue weighted by molar-refractivity contribution is 0.601. The summed E-state index contributed by atoms with van der Waals surface area (Å²) in [6, 6.07) is 3.55. The van der Waals surface area contributed by atoms with E-state index in [-0.39, 0.29) is 11.3 Å². The van der Waals surface area contributed by atoms with Crippen LogP contribution in [0.3, 0.4) is 0 Å². The number of rotatable bonds is 3. The van der Waals surface area contributed by atoms with Gasteiger partial charge in [0.15, 0.2) is 9.84 Å². The average molecular weight is 308 g/mol. The lowest BCUT2D eigenvalue weighted by atomic mass is 9.96. The molecule has 21 heavy (non-hydrogen) atoms. The Balaban J connectivity index is 2.74. The van der Waals surface area contributed by atoms with Gasteiger partial charge in [-0.25, -0.2) is 8.42 Å². The second-order valence-electron chi connectivity index (χ2n) is 5.15. The first-order chi connectivity index (χ1) is 9.69. The van der Waals surface area contributed by atoms with Crippen LogP contribution in [-0.2, 0) is 15.6 Å². The summed E-state index contributed by atoms with van der Waals surface area (Å²) in [5.41, 5.74) is 1.56. The van der Waals surface area contributed by atoms with Crippen molar-refractivity contribution in [1.29, 1.82) is 0 Å². The molecule has 0 bridgehead atoms. The molecule has 2 rings (SSSR count). The highest BCUT2D eigenvalue weighted by atomic mass is 32.2. The molecule has 0 saturated heterocycles. The van der Waals surface area contributed by atoms with E-state index in [9.17, 15) is 18.0 Å². The molecule has 0 spiro atoms. The minimum Gasteiger partial charge on any atom is -0.305 e. The molecule has 0 amide bonds. The molecular formula is C14H16N2O4S. The number of hydrogen-bond acceptors (Lipinski definition) is 4. The van der Waals surface area contributed by atoms with Gasteiger partial charge in [0, 0.05) is 12.5 Å². The van der Waals surface area contributed by atoms with E-state index in [1.165, 1.54) is 6.20 Å². The Hall–Kier alpha value is -2.15. The normalized spacial score (nSPS) is 11.6. The van der Waals surface area contributed by atoms with Crippen LogP contribution in [0, 0.1) is 13.8 Å². The van der Waals surface area contributed by atoms with Crippen LogP contribution in [0.1, 0.15) is 16.7 Å². The van der Waals surface area contributed by atoms with E-state index in [1.807, 2.05) is 6.92 Å². The topological polar surface area (TPSA) is 99.9 Å². The molecule has 6 nitrogen and oxygen atoms in total. The second-order valence-corrected chi connectivity index (χ2v) is 7.29. The number of sulfone groups is 1. The predicted octanol–water partition coefficient (Wildman–Crippen LogP) is 0.892. The van der Waals surface area contributed by atoms with Gasteiger partial charge in [0.25, 0.3) is 5.43 Å². The van der Waals surface area contributed by atoms with Crippen LogP contribution in [0.15, 0.2) is 27.9 Å². The standard InChI is InChI=1S/C14H16N2O4S/c1-8-4-10(7-21(3,19)20)9(2)11(5-8)12-6-15-16-14(18)13(12)17/h4-6H,7H2,1-3H3,(H,15,17)(H,16,18). The van der Waals surface area contributed by atoms with E-state index in [0.29, 0.717) is 16.7 Å². The number of benzene rings is 1. The summed E-state index contributed by atoms with van der Waals surface area (Å²) < 4.78 is 23.0. The Bertz CT molecular complexity index is 907. The van der Waals surface area contributed by atoms with Gasteiger partial charge in [-0.1, -0.05) is 17.7 Å². The van der Waals surface area contributed by atoms with Gasteiger partial charge < -0.3 is 5.10 Å². The monoisotopic (exact) mass is 308 g/mol. The number of H-pyrrole nitrogens is 2. The van der Waals surface area contributed by atoms with Crippen molar-refractivity contribution in [3.05, 3.63) is 55.6 Å². The fourth-order valence-corrected chi connectivity index (χ4v) is 3.13. The molecule has 0 aliphatic heterocycles. The summed E-state index contributed by atoms with van der Waals surface area (Å²) in [6.45, 7) is 3.56. The third-order valence-electron chi connectivity index (χ3n) is 3.22. The lowest BCUT2D eigenvalue weighted by Crippen LogP contribution is -2.29. The third kappa shape index (κ3) is 3.30. The smallest absolute Gasteiger partial charge is 0.305 e. The van der Waals surface area contributed by atoms with Crippen molar-refractivity contribution in [2.45, 2.75) is 19.6 Å². The SMILES string of the molecule is Cc1cc(CS(C)(=O)=O)c(C)c(-c2c[nH][nH]c(=O)c2=O)c1. The van der Waals surface area contributed by atoms with Gasteiger partial charge in [0.1, 0.15) is 0 Å². The fourth-order valence-electron chi connectivity index (χ4n) is 2.26. The minimum absolute atomic E-state index is 0.103. The Labute approximate surface area is 121 Å². The first kappa shape index (κ1) is 15.2. The van der Waals surface area contributed by atoms with Gasteiger partial charge in [-0.2, -0.15) is 0 Å². The van der Waals surface area contributed by atoms with Crippen molar-refractivity contribution in [1.82, 2.24) is 10.2 Å². The zero-order chi connectivity index (χ0) is 15.8. The van der Waals surface area contributed by atoms with Gasteiger partial charge in [-0.3, -0.25) is 14.7 Å². The van der Waals surface area contributed by atoms with Crippen LogP contribution in [0.25, 0.3) is 11.1 Å². The van der Waals surface area contributed by atoms with Crippen LogP contribution in [0.2, 0.25) is 0 Å². The maximum Gasteiger partial charge on any atom is 0.310 e. The summed E-state index contributed by atoms with van der Waals surface area (Å²) in [6.07, 6.45) is 2.57. The lowest BCUT2D eigenvalue weighted by Gasteiger charge is -2.12. The van der Waals surface area contributed by atoms with Crippen molar-refractivity contribution in [2.24, 2.45) is 0 Å². The Morgan fingerprint density at radius 2 is 1.76 bits per heavy atom. The summed E-state index contributed by atoms with van der Waals surface area (Å²) in [5.74, 6) is -0.103. The van der Waals surface area contributed by atoms with Crippen molar-refractivity contribution in [3.8, 4) is 11.1 Å². The summed E-state index contributed by atoms with van der Waals surface area (Å²) in [5, 5.41) is 4.73. The Morgan fingerprint density at radius 1 is 1.10 bits per heavy atom. The maximum atomic E-state index is 11.9. The van der Waals surface area contributed by atoms with Gasteiger partial charge in [0.2, 0.25) is 0 Å². The van der Waals surface area contributed by atoms with Crippen LogP contribution in [-0.4, -0.2) is 24.9 Å². The van der Waals surface area contributed by atoms with Gasteiger partial charge >= 0.3 is 5.56 Å². The molecule has 1 aromatic carbocycles. The maximum absolute atomic E-state index is 11.9. The molecule has 0 unspecified atom stereocenters. The van der Waals surface area contributed by atoms with E-state index in [1.54, 1.807) is 19.1 Å². The van der Waals surface area contributed by atoms with Crippen LogP contribution in [0.4, 0.5) is 0 Å². The molecule has 1 aromatic heterocycles. The van der Waals surface area contributed by atoms with E-state index in [2.05, 4.69) is 10.2 Å². The Kier molecular flexibility index (Phi) is 3.87. The van der Waals surface area contributed by atoms with Crippen molar-refractivity contribution >= 4 is 9.84 Å². The third-order valence-corrected chi connectivity index (χ3v) is 4.06. The fraction of sp³-hybridized carbons (Fsp3) is 0.286. The molecule has 112 valence electrons. The number of nitrogens with one attached hydrogen (secondary N) is 2. The minimum atomic E-state index is -3.19. The van der Waals surface area contributed by atoms with Gasteiger partial charge in [0.05, 0.1) is 11.3 Å². The number of aromatic amines is 2. The summed E-state index contributed by atoms with van der Waals surface area (Å²) in [4.78, 5) is 23.4. The predicted molar refractivity (Wildman–Crippen MR) is 81.1 cm³/mol. The highest BCUT2D eigenvalue weighted by molar-refractivity contribution is 7.89. The molecule has 0 aliphatic carbocycles. The molecule has 2 aromatic rings. The van der Waals surface area contributed by atoms with Gasteiger partial charge in [-0.15, -0.1) is 0 Å². The molecule has 0 fully saturated rings. The molecule has 0 atom stereocenters. The molecule has 7 heteroatoms. The van der Waals surface area contributed by atoms with E-state index >= 15 is 0 Å². The van der Waals surface area contributed by atoms with E-state index in [4.69, 9.17) is 0 Å². The first-order valence-electron chi connectivity index (χ1n) is 6.27. The van der Waals surface area contributed by atoms with Crippen molar-refractivity contribution < 1.29 is 8.42 Å². The quantitative estimate of drug-likeness (QED) is 0.822. The average Bonchev–Trinajstić information content (AvgIpc) is 2.35. The number of aryl methyl sites for hydroxylation is 1. The zero-order valence-electron chi connectivity index (χ0n) is 12.0. The molecule has 1 heterocycles. The highest BCUT2D eigenvalue weighted by Gasteiger charge is 2.15.